The number of nitrogens with zero attached hydrogens (tertiary/aromatic N) is 1. The third kappa shape index (κ3) is 4.74. The molecule has 0 unspecified atom stereocenters. The van der Waals surface area contributed by atoms with Crippen LogP contribution in [0, 0.1) is 0 Å². The molecule has 0 aliphatic carbocycles. The van der Waals surface area contributed by atoms with Gasteiger partial charge in [0.25, 0.3) is 11.1 Å². The van der Waals surface area contributed by atoms with Crippen molar-refractivity contribution in [3.63, 3.8) is 0 Å². The van der Waals surface area contributed by atoms with Gasteiger partial charge in [-0.15, -0.1) is 6.58 Å². The molecule has 2 amide bonds. The standard InChI is InChI=1S/C22H20BrNO4S/c1-4-6-16-9-15(11-18(27-2)20(16)28-3)12-19-21(25)24(22(26)29-19)13-14-7-5-8-17(23)10-14/h4-5,7-12H,1,6,13H2,2-3H3/b19-12-. The largest absolute Gasteiger partial charge is 0.493 e. The normalized spacial score (nSPS) is 15.1. The van der Waals surface area contributed by atoms with E-state index in [0.717, 1.165) is 32.9 Å². The van der Waals surface area contributed by atoms with E-state index >= 15 is 0 Å². The summed E-state index contributed by atoms with van der Waals surface area (Å²) < 4.78 is 11.8. The highest BCUT2D eigenvalue weighted by atomic mass is 79.9. The maximum absolute atomic E-state index is 12.8. The Morgan fingerprint density at radius 1 is 1.17 bits per heavy atom. The molecule has 1 heterocycles. The first kappa shape index (κ1) is 21.2. The van der Waals surface area contributed by atoms with Crippen molar-refractivity contribution in [1.29, 1.82) is 0 Å². The maximum atomic E-state index is 12.8. The maximum Gasteiger partial charge on any atom is 0.293 e. The summed E-state index contributed by atoms with van der Waals surface area (Å²) in [5.74, 6) is 0.888. The third-order valence-electron chi connectivity index (χ3n) is 4.34. The summed E-state index contributed by atoms with van der Waals surface area (Å²) >= 11 is 4.35. The highest BCUT2D eigenvalue weighted by Crippen LogP contribution is 2.37. The molecular weight excluding hydrogens is 454 g/mol. The van der Waals surface area contributed by atoms with Gasteiger partial charge >= 0.3 is 0 Å². The molecule has 0 spiro atoms. The SMILES string of the molecule is C=CCc1cc(/C=C2\SC(=O)N(Cc3cccc(Br)c3)C2=O)cc(OC)c1OC. The molecule has 7 heteroatoms. The van der Waals surface area contributed by atoms with E-state index < -0.39 is 0 Å². The smallest absolute Gasteiger partial charge is 0.293 e. The lowest BCUT2D eigenvalue weighted by molar-refractivity contribution is -0.123. The Morgan fingerprint density at radius 2 is 1.97 bits per heavy atom. The molecule has 1 fully saturated rings. The average Bonchev–Trinajstić information content (AvgIpc) is 2.95. The van der Waals surface area contributed by atoms with Crippen LogP contribution >= 0.6 is 27.7 Å². The minimum Gasteiger partial charge on any atom is -0.493 e. The first-order valence-electron chi connectivity index (χ1n) is 8.82. The Kier molecular flexibility index (Phi) is 6.82. The summed E-state index contributed by atoms with van der Waals surface area (Å²) in [6.45, 7) is 4.00. The average molecular weight is 474 g/mol. The number of carbonyl (C=O) groups is 2. The zero-order valence-electron chi connectivity index (χ0n) is 16.1. The van der Waals surface area contributed by atoms with E-state index in [4.69, 9.17) is 9.47 Å². The van der Waals surface area contributed by atoms with Crippen LogP contribution in [-0.2, 0) is 17.8 Å². The van der Waals surface area contributed by atoms with Gasteiger partial charge in [0, 0.05) is 10.0 Å². The van der Waals surface area contributed by atoms with Crippen LogP contribution in [0.5, 0.6) is 11.5 Å². The van der Waals surface area contributed by atoms with Gasteiger partial charge in [0.05, 0.1) is 25.7 Å². The van der Waals surface area contributed by atoms with E-state index in [1.807, 2.05) is 30.3 Å². The van der Waals surface area contributed by atoms with Crippen LogP contribution in [0.15, 0.2) is 58.4 Å². The Morgan fingerprint density at radius 3 is 2.62 bits per heavy atom. The minimum absolute atomic E-state index is 0.231. The topological polar surface area (TPSA) is 55.8 Å². The molecule has 0 atom stereocenters. The summed E-state index contributed by atoms with van der Waals surface area (Å²) in [4.78, 5) is 26.9. The van der Waals surface area contributed by atoms with Gasteiger partial charge in [-0.1, -0.05) is 34.1 Å². The third-order valence-corrected chi connectivity index (χ3v) is 5.74. The zero-order valence-corrected chi connectivity index (χ0v) is 18.5. The van der Waals surface area contributed by atoms with E-state index in [9.17, 15) is 9.59 Å². The van der Waals surface area contributed by atoms with E-state index in [1.165, 1.54) is 4.90 Å². The predicted octanol–water partition coefficient (Wildman–Crippen LogP) is 5.43. The lowest BCUT2D eigenvalue weighted by Crippen LogP contribution is -2.27. The Balaban J connectivity index is 1.90. The Bertz CT molecular complexity index is 1000. The summed E-state index contributed by atoms with van der Waals surface area (Å²) in [6.07, 6.45) is 4.07. The van der Waals surface area contributed by atoms with Crippen molar-refractivity contribution < 1.29 is 19.1 Å². The molecule has 3 rings (SSSR count). The molecule has 2 aromatic carbocycles. The number of allylic oxidation sites excluding steroid dienone is 1. The molecule has 1 aliphatic rings. The van der Waals surface area contributed by atoms with Crippen molar-refractivity contribution in [3.8, 4) is 11.5 Å². The van der Waals surface area contributed by atoms with Crippen molar-refractivity contribution in [2.45, 2.75) is 13.0 Å². The fourth-order valence-electron chi connectivity index (χ4n) is 3.06. The second-order valence-electron chi connectivity index (χ2n) is 6.31. The molecule has 29 heavy (non-hydrogen) atoms. The first-order chi connectivity index (χ1) is 14.0. The first-order valence-corrected chi connectivity index (χ1v) is 10.4. The Hall–Kier alpha value is -2.51. The molecular formula is C22H20BrNO4S. The second kappa shape index (κ2) is 9.33. The monoisotopic (exact) mass is 473 g/mol. The van der Waals surface area contributed by atoms with Crippen molar-refractivity contribution in [3.05, 3.63) is 75.1 Å². The fraction of sp³-hybridized carbons (Fsp3) is 0.182. The number of ether oxygens (including phenoxy) is 2. The summed E-state index contributed by atoms with van der Waals surface area (Å²) in [5, 5.41) is -0.284. The second-order valence-corrected chi connectivity index (χ2v) is 8.21. The number of carbonyl (C=O) groups excluding carboxylic acids is 2. The van der Waals surface area contributed by atoms with Crippen molar-refractivity contribution in [2.75, 3.05) is 14.2 Å². The number of hydrogen-bond acceptors (Lipinski definition) is 5. The molecule has 0 N–H and O–H groups in total. The molecule has 2 aromatic rings. The van der Waals surface area contributed by atoms with E-state index in [-0.39, 0.29) is 17.7 Å². The van der Waals surface area contributed by atoms with Crippen LogP contribution in [0.3, 0.4) is 0 Å². The lowest BCUT2D eigenvalue weighted by Gasteiger charge is -2.14. The van der Waals surface area contributed by atoms with Gasteiger partial charge in [0.2, 0.25) is 0 Å². The van der Waals surface area contributed by atoms with Crippen LogP contribution < -0.4 is 9.47 Å². The highest BCUT2D eigenvalue weighted by molar-refractivity contribution is 9.10. The van der Waals surface area contributed by atoms with Crippen molar-refractivity contribution in [1.82, 2.24) is 4.90 Å². The quantitative estimate of drug-likeness (QED) is 0.396. The zero-order chi connectivity index (χ0) is 21.0. The molecule has 5 nitrogen and oxygen atoms in total. The van der Waals surface area contributed by atoms with Crippen LogP contribution in [0.2, 0.25) is 0 Å². The molecule has 1 saturated heterocycles. The molecule has 0 bridgehead atoms. The number of halogens is 1. The van der Waals surface area contributed by atoms with Gasteiger partial charge in [-0.25, -0.2) is 0 Å². The van der Waals surface area contributed by atoms with Gasteiger partial charge < -0.3 is 9.47 Å². The Labute approximate surface area is 182 Å². The van der Waals surface area contributed by atoms with Crippen LogP contribution in [0.1, 0.15) is 16.7 Å². The van der Waals surface area contributed by atoms with Crippen LogP contribution in [0.4, 0.5) is 4.79 Å². The number of amides is 2. The van der Waals surface area contributed by atoms with E-state index in [2.05, 4.69) is 22.5 Å². The number of hydrogen-bond donors (Lipinski definition) is 0. The fourth-order valence-corrected chi connectivity index (χ4v) is 4.35. The summed E-state index contributed by atoms with van der Waals surface area (Å²) in [6, 6.07) is 11.2. The number of imide groups is 1. The van der Waals surface area contributed by atoms with Crippen LogP contribution in [-0.4, -0.2) is 30.3 Å². The minimum atomic E-state index is -0.306. The molecule has 0 saturated carbocycles. The lowest BCUT2D eigenvalue weighted by atomic mass is 10.0. The number of benzene rings is 2. The highest BCUT2D eigenvalue weighted by Gasteiger charge is 2.35. The van der Waals surface area contributed by atoms with Gasteiger partial charge in [-0.05, 0) is 59.7 Å². The molecule has 1 aliphatic heterocycles. The van der Waals surface area contributed by atoms with E-state index in [1.54, 1.807) is 32.4 Å². The van der Waals surface area contributed by atoms with Gasteiger partial charge in [-0.3, -0.25) is 14.5 Å². The van der Waals surface area contributed by atoms with Crippen LogP contribution in [0.25, 0.3) is 6.08 Å². The predicted molar refractivity (Wildman–Crippen MR) is 119 cm³/mol. The van der Waals surface area contributed by atoms with Gasteiger partial charge in [0.15, 0.2) is 11.5 Å². The number of rotatable bonds is 7. The number of methoxy groups -OCH3 is 2. The summed E-state index contributed by atoms with van der Waals surface area (Å²) in [7, 11) is 3.14. The molecule has 0 radical (unpaired) electrons. The molecule has 150 valence electrons. The summed E-state index contributed by atoms with van der Waals surface area (Å²) in [5.41, 5.74) is 2.52. The van der Waals surface area contributed by atoms with Crippen molar-refractivity contribution >= 4 is 44.9 Å². The van der Waals surface area contributed by atoms with Gasteiger partial charge in [0.1, 0.15) is 0 Å². The number of thioether (sulfide) groups is 1. The van der Waals surface area contributed by atoms with Crippen molar-refractivity contribution in [2.24, 2.45) is 0 Å². The molecule has 0 aromatic heterocycles. The van der Waals surface area contributed by atoms with Gasteiger partial charge in [-0.2, -0.15) is 0 Å². The van der Waals surface area contributed by atoms with E-state index in [0.29, 0.717) is 22.8 Å².